The molecular formula is C17H13N3O2S2. The molecule has 0 unspecified atom stereocenters. The van der Waals surface area contributed by atoms with Crippen molar-refractivity contribution in [3.05, 3.63) is 58.2 Å². The fourth-order valence-electron chi connectivity index (χ4n) is 2.35. The van der Waals surface area contributed by atoms with Gasteiger partial charge < -0.3 is 9.73 Å². The molecule has 0 saturated heterocycles. The van der Waals surface area contributed by atoms with Crippen LogP contribution in [0.4, 0.5) is 0 Å². The Labute approximate surface area is 146 Å². The first-order chi connectivity index (χ1) is 11.7. The molecule has 5 nitrogen and oxygen atoms in total. The molecule has 0 saturated carbocycles. The van der Waals surface area contributed by atoms with Crippen LogP contribution in [0.3, 0.4) is 0 Å². The summed E-state index contributed by atoms with van der Waals surface area (Å²) in [7, 11) is 0. The summed E-state index contributed by atoms with van der Waals surface area (Å²) in [5.74, 6) is 0.742. The normalized spacial score (nSPS) is 11.0. The summed E-state index contributed by atoms with van der Waals surface area (Å²) in [6.45, 7) is 2.12. The lowest BCUT2D eigenvalue weighted by molar-refractivity contribution is 0.0945. The van der Waals surface area contributed by atoms with Crippen LogP contribution < -0.4 is 5.32 Å². The van der Waals surface area contributed by atoms with E-state index in [4.69, 9.17) is 4.42 Å². The largest absolute Gasteiger partial charge is 0.440 e. The summed E-state index contributed by atoms with van der Waals surface area (Å²) in [5, 5.41) is 5.68. The minimum Gasteiger partial charge on any atom is -0.440 e. The van der Waals surface area contributed by atoms with Gasteiger partial charge >= 0.3 is 0 Å². The predicted octanol–water partition coefficient (Wildman–Crippen LogP) is 4.25. The molecule has 3 aromatic heterocycles. The minimum absolute atomic E-state index is 0.252. The molecule has 0 radical (unpaired) electrons. The van der Waals surface area contributed by atoms with E-state index >= 15 is 0 Å². The van der Waals surface area contributed by atoms with Crippen LogP contribution >= 0.6 is 22.7 Å². The van der Waals surface area contributed by atoms with Gasteiger partial charge in [-0.25, -0.2) is 9.97 Å². The zero-order chi connectivity index (χ0) is 16.5. The number of carbonyl (C=O) groups is 1. The number of thiophene rings is 1. The molecule has 0 aliphatic rings. The number of hydrogen-bond acceptors (Lipinski definition) is 6. The van der Waals surface area contributed by atoms with Crippen LogP contribution in [0.25, 0.3) is 21.0 Å². The highest BCUT2D eigenvalue weighted by Gasteiger charge is 2.18. The molecule has 4 rings (SSSR count). The molecule has 0 bridgehead atoms. The second-order valence-electron chi connectivity index (χ2n) is 5.16. The number of thiazole rings is 1. The second-order valence-corrected chi connectivity index (χ2v) is 7.22. The highest BCUT2D eigenvalue weighted by Crippen LogP contribution is 2.26. The van der Waals surface area contributed by atoms with E-state index in [0.717, 1.165) is 20.1 Å². The van der Waals surface area contributed by atoms with Gasteiger partial charge in [0.05, 0.1) is 21.6 Å². The van der Waals surface area contributed by atoms with Gasteiger partial charge in [-0.05, 0) is 30.5 Å². The fraction of sp³-hybridized carbons (Fsp3) is 0.118. The molecule has 0 aliphatic carbocycles. The van der Waals surface area contributed by atoms with E-state index in [2.05, 4.69) is 15.3 Å². The Morgan fingerprint density at radius 2 is 2.08 bits per heavy atom. The van der Waals surface area contributed by atoms with Gasteiger partial charge in [-0.15, -0.1) is 22.7 Å². The number of rotatable bonds is 4. The quantitative estimate of drug-likeness (QED) is 0.594. The fourth-order valence-corrected chi connectivity index (χ4v) is 3.90. The lowest BCUT2D eigenvalue weighted by Crippen LogP contribution is -2.23. The lowest BCUT2D eigenvalue weighted by Gasteiger charge is -1.99. The predicted molar refractivity (Wildman–Crippen MR) is 95.3 cm³/mol. The molecule has 1 N–H and O–H groups in total. The summed E-state index contributed by atoms with van der Waals surface area (Å²) in [6, 6.07) is 11.8. The van der Waals surface area contributed by atoms with Gasteiger partial charge in [0.15, 0.2) is 5.69 Å². The molecule has 120 valence electrons. The third-order valence-electron chi connectivity index (χ3n) is 3.48. The van der Waals surface area contributed by atoms with E-state index in [0.29, 0.717) is 23.9 Å². The van der Waals surface area contributed by atoms with Gasteiger partial charge in [0.2, 0.25) is 5.89 Å². The van der Waals surface area contributed by atoms with Crippen molar-refractivity contribution in [1.82, 2.24) is 15.3 Å². The standard InChI is InChI=1S/C17H13N3O2S2/c1-10-15(20-17(22-10)13-7-4-8-23-13)16(21)18-9-14-19-11-5-2-3-6-12(11)24-14/h2-8H,9H2,1H3,(H,18,21). The number of nitrogens with zero attached hydrogens (tertiary/aromatic N) is 2. The smallest absolute Gasteiger partial charge is 0.273 e. The number of amides is 1. The summed E-state index contributed by atoms with van der Waals surface area (Å²) in [6.07, 6.45) is 0. The summed E-state index contributed by atoms with van der Waals surface area (Å²) in [4.78, 5) is 22.1. The maximum absolute atomic E-state index is 12.4. The van der Waals surface area contributed by atoms with Gasteiger partial charge in [0, 0.05) is 0 Å². The van der Waals surface area contributed by atoms with Gasteiger partial charge in [-0.1, -0.05) is 18.2 Å². The average Bonchev–Trinajstić information content (AvgIpc) is 3.31. The van der Waals surface area contributed by atoms with Crippen molar-refractivity contribution in [2.24, 2.45) is 0 Å². The molecule has 0 spiro atoms. The number of benzene rings is 1. The Morgan fingerprint density at radius 3 is 2.88 bits per heavy atom. The van der Waals surface area contributed by atoms with Crippen LogP contribution in [-0.2, 0) is 6.54 Å². The average molecular weight is 355 g/mol. The van der Waals surface area contributed by atoms with Crippen LogP contribution in [0.2, 0.25) is 0 Å². The van der Waals surface area contributed by atoms with E-state index in [1.165, 1.54) is 11.3 Å². The SMILES string of the molecule is Cc1oc(-c2cccs2)nc1C(=O)NCc1nc2ccccc2s1. The van der Waals surface area contributed by atoms with Gasteiger partial charge in [-0.2, -0.15) is 0 Å². The van der Waals surface area contributed by atoms with Gasteiger partial charge in [0.25, 0.3) is 5.91 Å². The molecule has 4 aromatic rings. The highest BCUT2D eigenvalue weighted by molar-refractivity contribution is 7.18. The number of fused-ring (bicyclic) bond motifs is 1. The Morgan fingerprint density at radius 1 is 1.21 bits per heavy atom. The molecule has 0 aliphatic heterocycles. The minimum atomic E-state index is -0.252. The third-order valence-corrected chi connectivity index (χ3v) is 5.38. The van der Waals surface area contributed by atoms with Crippen molar-refractivity contribution in [1.29, 1.82) is 0 Å². The maximum atomic E-state index is 12.4. The first-order valence-electron chi connectivity index (χ1n) is 7.34. The van der Waals surface area contributed by atoms with Crippen molar-refractivity contribution >= 4 is 38.8 Å². The Kier molecular flexibility index (Phi) is 3.87. The monoisotopic (exact) mass is 355 g/mol. The number of carbonyl (C=O) groups excluding carboxylic acids is 1. The Bertz CT molecular complexity index is 969. The highest BCUT2D eigenvalue weighted by atomic mass is 32.1. The van der Waals surface area contributed by atoms with Crippen molar-refractivity contribution in [3.63, 3.8) is 0 Å². The maximum Gasteiger partial charge on any atom is 0.273 e. The molecule has 1 aromatic carbocycles. The number of oxazole rings is 1. The molecule has 0 atom stereocenters. The van der Waals surface area contributed by atoms with Crippen LogP contribution in [0.5, 0.6) is 0 Å². The van der Waals surface area contributed by atoms with Crippen LogP contribution in [0.1, 0.15) is 21.3 Å². The van der Waals surface area contributed by atoms with E-state index in [1.807, 2.05) is 41.8 Å². The zero-order valence-electron chi connectivity index (χ0n) is 12.8. The molecule has 0 fully saturated rings. The van der Waals surface area contributed by atoms with Crippen molar-refractivity contribution in [2.45, 2.75) is 13.5 Å². The van der Waals surface area contributed by atoms with Crippen LogP contribution in [-0.4, -0.2) is 15.9 Å². The molecule has 24 heavy (non-hydrogen) atoms. The van der Waals surface area contributed by atoms with E-state index < -0.39 is 0 Å². The van der Waals surface area contributed by atoms with Crippen molar-refractivity contribution < 1.29 is 9.21 Å². The van der Waals surface area contributed by atoms with Gasteiger partial charge in [-0.3, -0.25) is 4.79 Å². The third kappa shape index (κ3) is 2.83. The first kappa shape index (κ1) is 15.0. The summed E-state index contributed by atoms with van der Waals surface area (Å²) < 4.78 is 6.72. The number of nitrogens with one attached hydrogen (secondary N) is 1. The van der Waals surface area contributed by atoms with E-state index in [1.54, 1.807) is 18.3 Å². The first-order valence-corrected chi connectivity index (χ1v) is 9.04. The van der Waals surface area contributed by atoms with E-state index in [-0.39, 0.29) is 5.91 Å². The number of aryl methyl sites for hydroxylation is 1. The number of hydrogen-bond donors (Lipinski definition) is 1. The molecule has 1 amide bonds. The topological polar surface area (TPSA) is 68.0 Å². The summed E-state index contributed by atoms with van der Waals surface area (Å²) >= 11 is 3.10. The van der Waals surface area contributed by atoms with E-state index in [9.17, 15) is 4.79 Å². The number of aromatic nitrogens is 2. The Hall–Kier alpha value is -2.51. The zero-order valence-corrected chi connectivity index (χ0v) is 14.4. The molecule has 7 heteroatoms. The molecule has 3 heterocycles. The number of para-hydroxylation sites is 1. The lowest BCUT2D eigenvalue weighted by atomic mass is 10.3. The summed E-state index contributed by atoms with van der Waals surface area (Å²) in [5.41, 5.74) is 1.27. The molecular weight excluding hydrogens is 342 g/mol. The van der Waals surface area contributed by atoms with Crippen LogP contribution in [0, 0.1) is 6.92 Å². The van der Waals surface area contributed by atoms with Crippen LogP contribution in [0.15, 0.2) is 46.2 Å². The van der Waals surface area contributed by atoms with Crippen molar-refractivity contribution in [2.75, 3.05) is 0 Å². The van der Waals surface area contributed by atoms with Gasteiger partial charge in [0.1, 0.15) is 10.8 Å². The second kappa shape index (κ2) is 6.18. The van der Waals surface area contributed by atoms with Crippen molar-refractivity contribution in [3.8, 4) is 10.8 Å². The Balaban J connectivity index is 1.50.